The molecule has 0 atom stereocenters. The van der Waals surface area contributed by atoms with Crippen molar-refractivity contribution in [3.8, 4) is 0 Å². The molecule has 1 aliphatic heterocycles. The number of benzene rings is 1. The molecule has 1 N–H and O–H groups in total. The SMILES string of the molecule is Cc1c(C(=O)CN2CCN(C)CC2)c2c3nonc3ccc2n1O. The van der Waals surface area contributed by atoms with Gasteiger partial charge in [-0.05, 0) is 36.4 Å². The molecule has 0 amide bonds. The summed E-state index contributed by atoms with van der Waals surface area (Å²) in [6, 6.07) is 3.44. The summed E-state index contributed by atoms with van der Waals surface area (Å²) < 4.78 is 5.84. The average molecular weight is 329 g/mol. The highest BCUT2D eigenvalue weighted by atomic mass is 16.6. The molecule has 2 aromatic heterocycles. The van der Waals surface area contributed by atoms with E-state index in [2.05, 4.69) is 27.2 Å². The second-order valence-corrected chi connectivity index (χ2v) is 6.37. The molecule has 3 aromatic rings. The zero-order chi connectivity index (χ0) is 16.8. The van der Waals surface area contributed by atoms with Crippen LogP contribution in [0.5, 0.6) is 0 Å². The molecule has 0 saturated carbocycles. The zero-order valence-corrected chi connectivity index (χ0v) is 13.7. The van der Waals surface area contributed by atoms with E-state index in [1.165, 1.54) is 0 Å². The summed E-state index contributed by atoms with van der Waals surface area (Å²) in [5, 5.41) is 18.7. The molecule has 24 heavy (non-hydrogen) atoms. The predicted molar refractivity (Wildman–Crippen MR) is 87.5 cm³/mol. The molecule has 1 aliphatic rings. The molecule has 1 saturated heterocycles. The molecule has 0 bridgehead atoms. The Kier molecular flexibility index (Phi) is 3.50. The van der Waals surface area contributed by atoms with Crippen molar-refractivity contribution in [3.63, 3.8) is 0 Å². The van der Waals surface area contributed by atoms with Crippen molar-refractivity contribution in [2.45, 2.75) is 6.92 Å². The van der Waals surface area contributed by atoms with Crippen molar-refractivity contribution < 1.29 is 14.6 Å². The summed E-state index contributed by atoms with van der Waals surface area (Å²) in [4.78, 5) is 17.3. The van der Waals surface area contributed by atoms with Crippen LogP contribution in [-0.4, -0.2) is 75.6 Å². The van der Waals surface area contributed by atoms with E-state index < -0.39 is 0 Å². The molecular weight excluding hydrogens is 310 g/mol. The number of carbonyl (C=O) groups excluding carboxylic acids is 1. The van der Waals surface area contributed by atoms with Crippen LogP contribution in [0.25, 0.3) is 21.9 Å². The number of rotatable bonds is 3. The first kappa shape index (κ1) is 15.1. The molecule has 0 spiro atoms. The lowest BCUT2D eigenvalue weighted by atomic mass is 10.0. The maximum Gasteiger partial charge on any atom is 0.179 e. The van der Waals surface area contributed by atoms with Crippen LogP contribution in [0, 0.1) is 6.92 Å². The lowest BCUT2D eigenvalue weighted by Crippen LogP contribution is -2.46. The van der Waals surface area contributed by atoms with Gasteiger partial charge in [-0.1, -0.05) is 0 Å². The lowest BCUT2D eigenvalue weighted by molar-refractivity contribution is 0.0874. The first-order valence-electron chi connectivity index (χ1n) is 7.96. The minimum absolute atomic E-state index is 0.0228. The third-order valence-electron chi connectivity index (χ3n) is 4.81. The van der Waals surface area contributed by atoms with E-state index in [4.69, 9.17) is 4.63 Å². The highest BCUT2D eigenvalue weighted by Crippen LogP contribution is 2.30. The van der Waals surface area contributed by atoms with E-state index in [-0.39, 0.29) is 5.78 Å². The van der Waals surface area contributed by atoms with Crippen molar-refractivity contribution >= 4 is 27.7 Å². The molecule has 0 aliphatic carbocycles. The van der Waals surface area contributed by atoms with Crippen LogP contribution < -0.4 is 0 Å². The zero-order valence-electron chi connectivity index (χ0n) is 13.7. The van der Waals surface area contributed by atoms with Crippen LogP contribution in [0.15, 0.2) is 16.8 Å². The van der Waals surface area contributed by atoms with Gasteiger partial charge >= 0.3 is 0 Å². The number of carbonyl (C=O) groups is 1. The number of hydrogen-bond acceptors (Lipinski definition) is 7. The number of piperazine rings is 1. The highest BCUT2D eigenvalue weighted by Gasteiger charge is 2.25. The molecule has 1 aromatic carbocycles. The number of hydrogen-bond donors (Lipinski definition) is 1. The Hall–Kier alpha value is -2.45. The quantitative estimate of drug-likeness (QED) is 0.570. The van der Waals surface area contributed by atoms with E-state index in [0.29, 0.717) is 39.7 Å². The monoisotopic (exact) mass is 329 g/mol. The highest BCUT2D eigenvalue weighted by molar-refractivity contribution is 6.17. The standard InChI is InChI=1S/C16H19N5O3/c1-10-14(13(22)9-20-7-5-19(2)6-8-20)15-12(21(10)23)4-3-11-16(15)18-24-17-11/h3-4,23H,5-9H2,1-2H3. The Balaban J connectivity index is 1.76. The van der Waals surface area contributed by atoms with Crippen molar-refractivity contribution in [2.24, 2.45) is 0 Å². The van der Waals surface area contributed by atoms with Crippen LogP contribution >= 0.6 is 0 Å². The van der Waals surface area contributed by atoms with Crippen molar-refractivity contribution in [2.75, 3.05) is 39.8 Å². The van der Waals surface area contributed by atoms with Crippen LogP contribution in [0.1, 0.15) is 16.1 Å². The molecule has 8 heteroatoms. The summed E-state index contributed by atoms with van der Waals surface area (Å²) >= 11 is 0. The number of likely N-dealkylation sites (N-methyl/N-ethyl adjacent to an activating group) is 1. The minimum Gasteiger partial charge on any atom is -0.428 e. The molecule has 1 fully saturated rings. The predicted octanol–water partition coefficient (Wildman–Crippen LogP) is 1.15. The smallest absolute Gasteiger partial charge is 0.179 e. The third kappa shape index (κ3) is 2.26. The second-order valence-electron chi connectivity index (χ2n) is 6.37. The van der Waals surface area contributed by atoms with Gasteiger partial charge in [-0.2, -0.15) is 4.73 Å². The topological polar surface area (TPSA) is 87.6 Å². The summed E-state index contributed by atoms with van der Waals surface area (Å²) in [5.74, 6) is -0.0228. The summed E-state index contributed by atoms with van der Waals surface area (Å²) in [6.45, 7) is 5.68. The summed E-state index contributed by atoms with van der Waals surface area (Å²) in [5.41, 5.74) is 2.62. The molecule has 3 heterocycles. The summed E-state index contributed by atoms with van der Waals surface area (Å²) in [7, 11) is 2.08. The van der Waals surface area contributed by atoms with Crippen LogP contribution in [-0.2, 0) is 0 Å². The Bertz CT molecular complexity index is 921. The van der Waals surface area contributed by atoms with Gasteiger partial charge in [-0.15, -0.1) is 0 Å². The van der Waals surface area contributed by atoms with Crippen molar-refractivity contribution in [1.29, 1.82) is 0 Å². The van der Waals surface area contributed by atoms with Gasteiger partial charge in [0.2, 0.25) is 0 Å². The molecule has 126 valence electrons. The lowest BCUT2D eigenvalue weighted by Gasteiger charge is -2.31. The fourth-order valence-corrected chi connectivity index (χ4v) is 3.36. The fourth-order valence-electron chi connectivity index (χ4n) is 3.36. The largest absolute Gasteiger partial charge is 0.428 e. The van der Waals surface area contributed by atoms with Gasteiger partial charge in [0.15, 0.2) is 5.78 Å². The number of ketones is 1. The maximum absolute atomic E-state index is 12.9. The van der Waals surface area contributed by atoms with Crippen LogP contribution in [0.2, 0.25) is 0 Å². The maximum atomic E-state index is 12.9. The Morgan fingerprint density at radius 2 is 2.00 bits per heavy atom. The van der Waals surface area contributed by atoms with Crippen molar-refractivity contribution in [3.05, 3.63) is 23.4 Å². The van der Waals surface area contributed by atoms with Crippen LogP contribution in [0.3, 0.4) is 0 Å². The number of Topliss-reactive ketones (excluding diaryl/α,β-unsaturated/α-hetero) is 1. The number of aromatic nitrogens is 3. The van der Waals surface area contributed by atoms with Gasteiger partial charge in [-0.25, -0.2) is 4.63 Å². The average Bonchev–Trinajstić information content (AvgIpc) is 3.13. The van der Waals surface area contributed by atoms with Crippen LogP contribution in [0.4, 0.5) is 0 Å². The Morgan fingerprint density at radius 3 is 2.75 bits per heavy atom. The van der Waals surface area contributed by atoms with Gasteiger partial charge in [0.1, 0.15) is 11.0 Å². The Labute approximate surface area is 138 Å². The molecule has 4 rings (SSSR count). The van der Waals surface area contributed by atoms with Crippen molar-refractivity contribution in [1.82, 2.24) is 24.8 Å². The van der Waals surface area contributed by atoms with E-state index in [1.807, 2.05) is 0 Å². The number of nitrogens with zero attached hydrogens (tertiary/aromatic N) is 5. The van der Waals surface area contributed by atoms with Gasteiger partial charge in [0, 0.05) is 31.6 Å². The van der Waals surface area contributed by atoms with E-state index in [1.54, 1.807) is 19.1 Å². The first-order chi connectivity index (χ1) is 11.6. The third-order valence-corrected chi connectivity index (χ3v) is 4.81. The van der Waals surface area contributed by atoms with Gasteiger partial charge in [0.25, 0.3) is 0 Å². The molecule has 0 unspecified atom stereocenters. The van der Waals surface area contributed by atoms with E-state index >= 15 is 0 Å². The first-order valence-corrected chi connectivity index (χ1v) is 7.96. The van der Waals surface area contributed by atoms with Gasteiger partial charge < -0.3 is 10.1 Å². The van der Waals surface area contributed by atoms with E-state index in [9.17, 15) is 10.0 Å². The summed E-state index contributed by atoms with van der Waals surface area (Å²) in [6.07, 6.45) is 0. The minimum atomic E-state index is -0.0228. The Morgan fingerprint density at radius 1 is 1.25 bits per heavy atom. The molecular formula is C16H19N5O3. The van der Waals surface area contributed by atoms with Gasteiger partial charge in [0.05, 0.1) is 23.3 Å². The number of fused-ring (bicyclic) bond motifs is 3. The van der Waals surface area contributed by atoms with Gasteiger partial charge in [-0.3, -0.25) is 9.69 Å². The normalized spacial score (nSPS) is 17.1. The molecule has 8 nitrogen and oxygen atoms in total. The fraction of sp³-hybridized carbons (Fsp3) is 0.438. The molecule has 0 radical (unpaired) electrons. The van der Waals surface area contributed by atoms with E-state index in [0.717, 1.165) is 30.9 Å². The second kappa shape index (κ2) is 5.57.